The molecule has 2 aromatic rings. The molecule has 0 amide bonds. The fourth-order valence-electron chi connectivity index (χ4n) is 2.40. The van der Waals surface area contributed by atoms with E-state index in [2.05, 4.69) is 34.6 Å². The van der Waals surface area contributed by atoms with Gasteiger partial charge in [0.25, 0.3) is 0 Å². The molecule has 0 spiro atoms. The van der Waals surface area contributed by atoms with Crippen molar-refractivity contribution in [3.63, 3.8) is 0 Å². The predicted molar refractivity (Wildman–Crippen MR) is 75.6 cm³/mol. The number of nitrogens with zero attached hydrogens (tertiary/aromatic N) is 2. The van der Waals surface area contributed by atoms with E-state index >= 15 is 0 Å². The summed E-state index contributed by atoms with van der Waals surface area (Å²) in [7, 11) is 0. The first-order chi connectivity index (χ1) is 9.42. The topological polar surface area (TPSA) is 39.1 Å². The third-order valence-electron chi connectivity index (χ3n) is 3.58. The summed E-state index contributed by atoms with van der Waals surface area (Å²) in [5.41, 5.74) is 2.30. The summed E-state index contributed by atoms with van der Waals surface area (Å²) in [6.45, 7) is 2.83. The normalized spacial score (nSPS) is 16.4. The van der Waals surface area contributed by atoms with Crippen molar-refractivity contribution >= 4 is 5.69 Å². The zero-order chi connectivity index (χ0) is 12.9. The van der Waals surface area contributed by atoms with Gasteiger partial charge in [0.15, 0.2) is 0 Å². The maximum atomic E-state index is 5.38. The van der Waals surface area contributed by atoms with Gasteiger partial charge < -0.3 is 14.6 Å². The smallest absolute Gasteiger partial charge is 0.0991 e. The molecule has 0 saturated carbocycles. The summed E-state index contributed by atoms with van der Waals surface area (Å²) in [4.78, 5) is 4.08. The summed E-state index contributed by atoms with van der Waals surface area (Å²) in [5.74, 6) is 0.727. The lowest BCUT2D eigenvalue weighted by molar-refractivity contribution is 0.0699. The van der Waals surface area contributed by atoms with E-state index in [9.17, 15) is 0 Å². The molecule has 0 bridgehead atoms. The van der Waals surface area contributed by atoms with Crippen LogP contribution in [0.1, 0.15) is 12.8 Å². The van der Waals surface area contributed by atoms with Crippen LogP contribution >= 0.6 is 0 Å². The van der Waals surface area contributed by atoms with Crippen LogP contribution in [-0.4, -0.2) is 29.3 Å². The Morgan fingerprint density at radius 2 is 2.21 bits per heavy atom. The summed E-state index contributed by atoms with van der Waals surface area (Å²) >= 11 is 0. The molecule has 3 rings (SSSR count). The molecule has 1 aromatic carbocycles. The zero-order valence-electron chi connectivity index (χ0n) is 11.0. The number of nitrogens with one attached hydrogen (secondary N) is 1. The minimum Gasteiger partial charge on any atom is -0.385 e. The van der Waals surface area contributed by atoms with Crippen LogP contribution < -0.4 is 5.32 Å². The summed E-state index contributed by atoms with van der Waals surface area (Å²) in [5, 5.41) is 3.53. The lowest BCUT2D eigenvalue weighted by Gasteiger charge is -2.22. The van der Waals surface area contributed by atoms with Gasteiger partial charge in [-0.1, -0.05) is 6.07 Å². The van der Waals surface area contributed by atoms with Crippen LogP contribution in [-0.2, 0) is 4.74 Å². The predicted octanol–water partition coefficient (Wildman–Crippen LogP) is 2.71. The van der Waals surface area contributed by atoms with E-state index in [0.717, 1.165) is 49.9 Å². The van der Waals surface area contributed by atoms with E-state index in [4.69, 9.17) is 4.74 Å². The number of aromatic nitrogens is 2. The first-order valence-electron chi connectivity index (χ1n) is 6.82. The Balaban J connectivity index is 1.63. The minimum atomic E-state index is 0.727. The Morgan fingerprint density at radius 1 is 1.32 bits per heavy atom. The molecule has 1 aliphatic heterocycles. The molecule has 0 aliphatic carbocycles. The number of hydrogen-bond donors (Lipinski definition) is 1. The van der Waals surface area contributed by atoms with E-state index in [1.54, 1.807) is 6.20 Å². The number of rotatable bonds is 4. The van der Waals surface area contributed by atoms with Crippen molar-refractivity contribution in [2.24, 2.45) is 5.92 Å². The van der Waals surface area contributed by atoms with Gasteiger partial charge in [0.2, 0.25) is 0 Å². The van der Waals surface area contributed by atoms with Gasteiger partial charge in [0.1, 0.15) is 0 Å². The van der Waals surface area contributed by atoms with Crippen molar-refractivity contribution in [1.29, 1.82) is 0 Å². The van der Waals surface area contributed by atoms with Gasteiger partial charge in [0, 0.05) is 43.5 Å². The summed E-state index contributed by atoms with van der Waals surface area (Å²) < 4.78 is 7.40. The largest absolute Gasteiger partial charge is 0.385 e. The Morgan fingerprint density at radius 3 is 3.00 bits per heavy atom. The molecule has 19 heavy (non-hydrogen) atoms. The van der Waals surface area contributed by atoms with Crippen LogP contribution in [0.25, 0.3) is 5.69 Å². The van der Waals surface area contributed by atoms with Crippen LogP contribution in [0.3, 0.4) is 0 Å². The Bertz CT molecular complexity index is 504. The van der Waals surface area contributed by atoms with Gasteiger partial charge in [-0.25, -0.2) is 4.98 Å². The molecule has 1 aromatic heterocycles. The molecule has 4 heteroatoms. The number of hydrogen-bond acceptors (Lipinski definition) is 3. The highest BCUT2D eigenvalue weighted by molar-refractivity contribution is 5.51. The quantitative estimate of drug-likeness (QED) is 0.915. The fraction of sp³-hybridized carbons (Fsp3) is 0.400. The molecule has 1 saturated heterocycles. The first-order valence-corrected chi connectivity index (χ1v) is 6.82. The summed E-state index contributed by atoms with van der Waals surface area (Å²) in [6, 6.07) is 8.42. The third kappa shape index (κ3) is 3.15. The molecular weight excluding hydrogens is 238 g/mol. The van der Waals surface area contributed by atoms with Gasteiger partial charge in [-0.15, -0.1) is 0 Å². The van der Waals surface area contributed by atoms with Gasteiger partial charge in [0.05, 0.1) is 6.33 Å². The summed E-state index contributed by atoms with van der Waals surface area (Å²) in [6.07, 6.45) is 7.89. The van der Waals surface area contributed by atoms with Crippen LogP contribution in [0.4, 0.5) is 5.69 Å². The second-order valence-corrected chi connectivity index (χ2v) is 4.96. The van der Waals surface area contributed by atoms with Crippen LogP contribution in [0.2, 0.25) is 0 Å². The highest BCUT2D eigenvalue weighted by Crippen LogP contribution is 2.18. The molecule has 0 atom stereocenters. The molecule has 2 heterocycles. The molecule has 4 nitrogen and oxygen atoms in total. The third-order valence-corrected chi connectivity index (χ3v) is 3.58. The van der Waals surface area contributed by atoms with Crippen molar-refractivity contribution in [3.05, 3.63) is 43.0 Å². The van der Waals surface area contributed by atoms with E-state index in [0.29, 0.717) is 0 Å². The van der Waals surface area contributed by atoms with Crippen molar-refractivity contribution in [2.75, 3.05) is 25.1 Å². The Labute approximate surface area is 113 Å². The molecule has 0 unspecified atom stereocenters. The molecule has 100 valence electrons. The molecule has 1 N–H and O–H groups in total. The average molecular weight is 257 g/mol. The first kappa shape index (κ1) is 12.2. The molecule has 0 radical (unpaired) electrons. The van der Waals surface area contributed by atoms with E-state index in [1.807, 2.05) is 17.1 Å². The second-order valence-electron chi connectivity index (χ2n) is 4.96. The zero-order valence-corrected chi connectivity index (χ0v) is 11.0. The van der Waals surface area contributed by atoms with E-state index < -0.39 is 0 Å². The fourth-order valence-corrected chi connectivity index (χ4v) is 2.40. The molecular formula is C15H19N3O. The van der Waals surface area contributed by atoms with Crippen LogP contribution in [0.5, 0.6) is 0 Å². The lowest BCUT2D eigenvalue weighted by atomic mass is 10.0. The highest BCUT2D eigenvalue weighted by Gasteiger charge is 2.13. The van der Waals surface area contributed by atoms with Crippen molar-refractivity contribution in [2.45, 2.75) is 12.8 Å². The maximum Gasteiger partial charge on any atom is 0.0991 e. The van der Waals surface area contributed by atoms with Crippen molar-refractivity contribution in [3.8, 4) is 5.69 Å². The number of anilines is 1. The Hall–Kier alpha value is -1.81. The molecule has 1 fully saturated rings. The average Bonchev–Trinajstić information content (AvgIpc) is 3.01. The number of benzene rings is 1. The number of imidazole rings is 1. The molecule has 1 aliphatic rings. The number of ether oxygens (including phenoxy) is 1. The van der Waals surface area contributed by atoms with Crippen molar-refractivity contribution in [1.82, 2.24) is 9.55 Å². The van der Waals surface area contributed by atoms with Crippen LogP contribution in [0, 0.1) is 5.92 Å². The van der Waals surface area contributed by atoms with Crippen molar-refractivity contribution < 1.29 is 4.74 Å². The van der Waals surface area contributed by atoms with E-state index in [1.165, 1.54) is 0 Å². The Kier molecular flexibility index (Phi) is 3.79. The highest BCUT2D eigenvalue weighted by atomic mass is 16.5. The van der Waals surface area contributed by atoms with Gasteiger partial charge in [-0.2, -0.15) is 0 Å². The van der Waals surface area contributed by atoms with Gasteiger partial charge in [-0.05, 0) is 37.0 Å². The lowest BCUT2D eigenvalue weighted by Crippen LogP contribution is -2.22. The minimum absolute atomic E-state index is 0.727. The van der Waals surface area contributed by atoms with Gasteiger partial charge >= 0.3 is 0 Å². The van der Waals surface area contributed by atoms with Crippen LogP contribution in [0.15, 0.2) is 43.0 Å². The SMILES string of the molecule is c1cc(NCC2CCOCC2)cc(-n2ccnc2)c1. The van der Waals surface area contributed by atoms with Gasteiger partial charge in [-0.3, -0.25) is 0 Å². The maximum absolute atomic E-state index is 5.38. The van der Waals surface area contributed by atoms with E-state index in [-0.39, 0.29) is 0 Å². The monoisotopic (exact) mass is 257 g/mol. The second kappa shape index (κ2) is 5.89. The standard InChI is InChI=1S/C15H19N3O/c1-2-14(17-11-13-4-8-19-9-5-13)10-15(3-1)18-7-6-16-12-18/h1-3,6-7,10,12-13,17H,4-5,8-9,11H2.